The first-order valence-electron chi connectivity index (χ1n) is 11.4. The number of benzene rings is 1. The Labute approximate surface area is 180 Å². The summed E-state index contributed by atoms with van der Waals surface area (Å²) in [6.45, 7) is 5.13. The predicted octanol–water partition coefficient (Wildman–Crippen LogP) is 6.56. The van der Waals surface area contributed by atoms with Gasteiger partial charge in [-0.15, -0.1) is 0 Å². The van der Waals surface area contributed by atoms with E-state index in [1.807, 2.05) is 0 Å². The van der Waals surface area contributed by atoms with E-state index in [9.17, 15) is 19.8 Å². The van der Waals surface area contributed by atoms with Crippen molar-refractivity contribution in [1.82, 2.24) is 0 Å². The third-order valence-corrected chi connectivity index (χ3v) is 5.07. The van der Waals surface area contributed by atoms with Crippen molar-refractivity contribution in [1.29, 1.82) is 0 Å². The molecule has 1 aromatic rings. The van der Waals surface area contributed by atoms with Crippen LogP contribution in [0.4, 0.5) is 0 Å². The summed E-state index contributed by atoms with van der Waals surface area (Å²) < 4.78 is 11.6. The largest absolute Gasteiger partial charge is 0.490 e. The summed E-state index contributed by atoms with van der Waals surface area (Å²) in [6.07, 6.45) is 13.2. The predicted molar refractivity (Wildman–Crippen MR) is 118 cm³/mol. The number of carboxylic acid groups (broad SMARTS) is 2. The lowest BCUT2D eigenvalue weighted by molar-refractivity contribution is 0.0646. The summed E-state index contributed by atoms with van der Waals surface area (Å²) >= 11 is 0. The molecule has 30 heavy (non-hydrogen) atoms. The standard InChI is InChI=1S/C24H38O6/c1-3-5-7-9-11-13-17-29-20-16-15-19(23(25)26)21(24(27)28)22(20)30-18-14-12-10-8-6-4-2/h15-16H,3-14,17-18H2,1-2H3,(H,25,26)(H,27,28). The van der Waals surface area contributed by atoms with Gasteiger partial charge in [0.25, 0.3) is 0 Å². The van der Waals surface area contributed by atoms with Crippen LogP contribution < -0.4 is 9.47 Å². The van der Waals surface area contributed by atoms with Crippen molar-refractivity contribution in [3.05, 3.63) is 23.3 Å². The van der Waals surface area contributed by atoms with E-state index in [0.717, 1.165) is 38.5 Å². The summed E-state index contributed by atoms with van der Waals surface area (Å²) in [6, 6.07) is 2.78. The van der Waals surface area contributed by atoms with Crippen molar-refractivity contribution >= 4 is 11.9 Å². The summed E-state index contributed by atoms with van der Waals surface area (Å²) in [5.74, 6) is -2.28. The average molecular weight is 423 g/mol. The molecule has 0 atom stereocenters. The number of carboxylic acids is 2. The molecular formula is C24H38O6. The van der Waals surface area contributed by atoms with Crippen LogP contribution in [0.1, 0.15) is 112 Å². The van der Waals surface area contributed by atoms with E-state index in [2.05, 4.69) is 13.8 Å². The Morgan fingerprint density at radius 2 is 1.20 bits per heavy atom. The molecule has 0 aliphatic carbocycles. The highest BCUT2D eigenvalue weighted by molar-refractivity contribution is 6.04. The highest BCUT2D eigenvalue weighted by Gasteiger charge is 2.25. The second-order valence-electron chi connectivity index (χ2n) is 7.66. The van der Waals surface area contributed by atoms with Gasteiger partial charge < -0.3 is 19.7 Å². The van der Waals surface area contributed by atoms with Crippen molar-refractivity contribution < 1.29 is 29.3 Å². The molecule has 170 valence electrons. The van der Waals surface area contributed by atoms with Gasteiger partial charge in [0.2, 0.25) is 0 Å². The van der Waals surface area contributed by atoms with Gasteiger partial charge >= 0.3 is 11.9 Å². The first kappa shape index (κ1) is 25.8. The molecule has 1 rings (SSSR count). The molecule has 0 unspecified atom stereocenters. The van der Waals surface area contributed by atoms with Gasteiger partial charge in [0.15, 0.2) is 11.5 Å². The van der Waals surface area contributed by atoms with E-state index in [-0.39, 0.29) is 16.9 Å². The fraction of sp³-hybridized carbons (Fsp3) is 0.667. The minimum Gasteiger partial charge on any atom is -0.490 e. The van der Waals surface area contributed by atoms with Crippen LogP contribution in [0.15, 0.2) is 12.1 Å². The molecule has 0 saturated carbocycles. The number of aromatic carboxylic acids is 2. The average Bonchev–Trinajstić information content (AvgIpc) is 2.72. The summed E-state index contributed by atoms with van der Waals surface area (Å²) in [4.78, 5) is 23.3. The van der Waals surface area contributed by atoms with E-state index in [0.29, 0.717) is 19.0 Å². The smallest absolute Gasteiger partial charge is 0.340 e. The third kappa shape index (κ3) is 9.51. The Kier molecular flexibility index (Phi) is 13.4. The van der Waals surface area contributed by atoms with Gasteiger partial charge in [-0.3, -0.25) is 0 Å². The summed E-state index contributed by atoms with van der Waals surface area (Å²) in [5, 5.41) is 19.0. The molecule has 1 aromatic carbocycles. The van der Waals surface area contributed by atoms with Crippen LogP contribution in [0.5, 0.6) is 11.5 Å². The van der Waals surface area contributed by atoms with Crippen LogP contribution in [0, 0.1) is 0 Å². The fourth-order valence-electron chi connectivity index (χ4n) is 3.33. The highest BCUT2D eigenvalue weighted by Crippen LogP contribution is 2.34. The van der Waals surface area contributed by atoms with Gasteiger partial charge in [-0.2, -0.15) is 0 Å². The molecule has 0 aliphatic heterocycles. The van der Waals surface area contributed by atoms with Gasteiger partial charge in [0.05, 0.1) is 18.8 Å². The molecule has 6 nitrogen and oxygen atoms in total. The second kappa shape index (κ2) is 15.6. The number of hydrogen-bond acceptors (Lipinski definition) is 4. The molecule has 0 saturated heterocycles. The Bertz CT molecular complexity index is 641. The number of unbranched alkanes of at least 4 members (excludes halogenated alkanes) is 10. The van der Waals surface area contributed by atoms with Crippen molar-refractivity contribution in [3.63, 3.8) is 0 Å². The van der Waals surface area contributed by atoms with Crippen LogP contribution in [-0.2, 0) is 0 Å². The minimum atomic E-state index is -1.32. The SMILES string of the molecule is CCCCCCCCOc1ccc(C(=O)O)c(C(=O)O)c1OCCCCCCCC. The van der Waals surface area contributed by atoms with Crippen LogP contribution in [0.3, 0.4) is 0 Å². The van der Waals surface area contributed by atoms with Gasteiger partial charge in [0.1, 0.15) is 5.56 Å². The lowest BCUT2D eigenvalue weighted by Gasteiger charge is -2.16. The summed E-state index contributed by atoms with van der Waals surface area (Å²) in [5.41, 5.74) is -0.624. The topological polar surface area (TPSA) is 93.1 Å². The molecule has 0 radical (unpaired) electrons. The van der Waals surface area contributed by atoms with E-state index in [1.165, 1.54) is 50.7 Å². The molecule has 0 heterocycles. The zero-order valence-electron chi connectivity index (χ0n) is 18.6. The fourth-order valence-corrected chi connectivity index (χ4v) is 3.33. The molecular weight excluding hydrogens is 384 g/mol. The van der Waals surface area contributed by atoms with Crippen molar-refractivity contribution in [2.45, 2.75) is 90.9 Å². The Hall–Kier alpha value is -2.24. The highest BCUT2D eigenvalue weighted by atomic mass is 16.5. The Balaban J connectivity index is 2.76. The normalized spacial score (nSPS) is 10.7. The van der Waals surface area contributed by atoms with Gasteiger partial charge in [-0.05, 0) is 25.0 Å². The van der Waals surface area contributed by atoms with E-state index in [1.54, 1.807) is 0 Å². The van der Waals surface area contributed by atoms with Crippen molar-refractivity contribution in [3.8, 4) is 11.5 Å². The third-order valence-electron chi connectivity index (χ3n) is 5.07. The Morgan fingerprint density at radius 3 is 1.70 bits per heavy atom. The molecule has 6 heteroatoms. The van der Waals surface area contributed by atoms with Crippen LogP contribution >= 0.6 is 0 Å². The number of ether oxygens (including phenoxy) is 2. The molecule has 0 bridgehead atoms. The summed E-state index contributed by atoms with van der Waals surface area (Å²) in [7, 11) is 0. The maximum Gasteiger partial charge on any atom is 0.340 e. The zero-order valence-corrected chi connectivity index (χ0v) is 18.6. The maximum absolute atomic E-state index is 11.8. The van der Waals surface area contributed by atoms with E-state index < -0.39 is 11.9 Å². The lowest BCUT2D eigenvalue weighted by Crippen LogP contribution is -2.13. The van der Waals surface area contributed by atoms with Gasteiger partial charge in [0, 0.05) is 0 Å². The van der Waals surface area contributed by atoms with E-state index in [4.69, 9.17) is 9.47 Å². The quantitative estimate of drug-likeness (QED) is 0.260. The molecule has 0 fully saturated rings. The van der Waals surface area contributed by atoms with Crippen molar-refractivity contribution in [2.24, 2.45) is 0 Å². The molecule has 0 aromatic heterocycles. The molecule has 0 spiro atoms. The number of hydrogen-bond donors (Lipinski definition) is 2. The van der Waals surface area contributed by atoms with Crippen LogP contribution in [0.25, 0.3) is 0 Å². The number of rotatable bonds is 18. The first-order chi connectivity index (χ1) is 14.5. The van der Waals surface area contributed by atoms with E-state index >= 15 is 0 Å². The lowest BCUT2D eigenvalue weighted by atomic mass is 10.1. The first-order valence-corrected chi connectivity index (χ1v) is 11.4. The Morgan fingerprint density at radius 1 is 0.700 bits per heavy atom. The zero-order chi connectivity index (χ0) is 22.2. The van der Waals surface area contributed by atoms with Gasteiger partial charge in [-0.25, -0.2) is 9.59 Å². The monoisotopic (exact) mass is 422 g/mol. The number of carbonyl (C=O) groups is 2. The van der Waals surface area contributed by atoms with Crippen LogP contribution in [-0.4, -0.2) is 35.4 Å². The van der Waals surface area contributed by atoms with Crippen molar-refractivity contribution in [2.75, 3.05) is 13.2 Å². The maximum atomic E-state index is 11.8. The molecule has 0 amide bonds. The minimum absolute atomic E-state index is 0.0296. The van der Waals surface area contributed by atoms with Crippen LogP contribution in [0.2, 0.25) is 0 Å². The molecule has 2 N–H and O–H groups in total. The van der Waals surface area contributed by atoms with Gasteiger partial charge in [-0.1, -0.05) is 78.1 Å². The second-order valence-corrected chi connectivity index (χ2v) is 7.66. The molecule has 0 aliphatic rings.